The zero-order valence-electron chi connectivity index (χ0n) is 11.8. The molecule has 0 radical (unpaired) electrons. The lowest BCUT2D eigenvalue weighted by atomic mass is 10.1. The van der Waals surface area contributed by atoms with E-state index >= 15 is 0 Å². The summed E-state index contributed by atoms with van der Waals surface area (Å²) in [5.41, 5.74) is 1.95. The minimum absolute atomic E-state index is 0.411. The first-order valence-electron chi connectivity index (χ1n) is 6.14. The van der Waals surface area contributed by atoms with E-state index < -0.39 is 11.9 Å². The number of ether oxygens (including phenoxy) is 2. The van der Waals surface area contributed by atoms with Gasteiger partial charge >= 0.3 is 5.97 Å². The molecule has 0 bridgehead atoms. The molecule has 19 heavy (non-hydrogen) atoms. The molecule has 5 heteroatoms. The van der Waals surface area contributed by atoms with Crippen molar-refractivity contribution >= 4 is 5.97 Å². The summed E-state index contributed by atoms with van der Waals surface area (Å²) in [6.07, 6.45) is 0. The highest BCUT2D eigenvalue weighted by atomic mass is 16.5. The van der Waals surface area contributed by atoms with Crippen molar-refractivity contribution in [3.8, 4) is 11.5 Å². The molecule has 0 aliphatic heterocycles. The van der Waals surface area contributed by atoms with Crippen molar-refractivity contribution in [2.45, 2.75) is 20.4 Å². The van der Waals surface area contributed by atoms with Gasteiger partial charge in [0, 0.05) is 18.7 Å². The molecule has 1 atom stereocenters. The summed E-state index contributed by atoms with van der Waals surface area (Å²) in [7, 11) is 3.24. The molecule has 0 spiro atoms. The van der Waals surface area contributed by atoms with Gasteiger partial charge < -0.3 is 19.9 Å². The molecule has 106 valence electrons. The van der Waals surface area contributed by atoms with Gasteiger partial charge in [-0.1, -0.05) is 6.92 Å². The first-order valence-corrected chi connectivity index (χ1v) is 6.14. The minimum atomic E-state index is -0.805. The average molecular weight is 267 g/mol. The molecule has 0 saturated heterocycles. The van der Waals surface area contributed by atoms with Crippen molar-refractivity contribution < 1.29 is 19.4 Å². The molecule has 5 nitrogen and oxygen atoms in total. The number of hydrogen-bond donors (Lipinski definition) is 2. The zero-order chi connectivity index (χ0) is 14.4. The number of methoxy groups -OCH3 is 2. The largest absolute Gasteiger partial charge is 0.496 e. The highest BCUT2D eigenvalue weighted by Crippen LogP contribution is 2.28. The number of carboxylic acids is 1. The number of aliphatic carboxylic acids is 1. The third-order valence-electron chi connectivity index (χ3n) is 2.99. The molecular formula is C14H21NO4. The van der Waals surface area contributed by atoms with Gasteiger partial charge in [0.05, 0.1) is 20.1 Å². The number of aryl methyl sites for hydroxylation is 1. The van der Waals surface area contributed by atoms with Gasteiger partial charge in [0.25, 0.3) is 0 Å². The van der Waals surface area contributed by atoms with E-state index in [2.05, 4.69) is 5.32 Å². The second-order valence-corrected chi connectivity index (χ2v) is 4.50. The first-order chi connectivity index (χ1) is 8.99. The van der Waals surface area contributed by atoms with Gasteiger partial charge in [0.2, 0.25) is 0 Å². The van der Waals surface area contributed by atoms with Crippen molar-refractivity contribution in [1.29, 1.82) is 0 Å². The normalized spacial score (nSPS) is 12.0. The van der Waals surface area contributed by atoms with Crippen LogP contribution in [0.3, 0.4) is 0 Å². The Morgan fingerprint density at radius 2 is 1.95 bits per heavy atom. The maximum atomic E-state index is 10.7. The predicted molar refractivity (Wildman–Crippen MR) is 72.8 cm³/mol. The maximum Gasteiger partial charge on any atom is 0.307 e. The van der Waals surface area contributed by atoms with Crippen molar-refractivity contribution in [3.63, 3.8) is 0 Å². The van der Waals surface area contributed by atoms with Crippen LogP contribution in [0.25, 0.3) is 0 Å². The smallest absolute Gasteiger partial charge is 0.307 e. The molecule has 1 rings (SSSR count). The fourth-order valence-electron chi connectivity index (χ4n) is 1.76. The highest BCUT2D eigenvalue weighted by Gasteiger charge is 2.12. The standard InChI is InChI=1S/C14H21NO4/c1-9-5-13(19-4)11(6-12(9)18-3)8-15-7-10(2)14(16)17/h5-6,10,15H,7-8H2,1-4H3,(H,16,17). The van der Waals surface area contributed by atoms with E-state index in [4.69, 9.17) is 14.6 Å². The van der Waals surface area contributed by atoms with Crippen LogP contribution in [0.4, 0.5) is 0 Å². The minimum Gasteiger partial charge on any atom is -0.496 e. The van der Waals surface area contributed by atoms with Crippen LogP contribution in [0.1, 0.15) is 18.1 Å². The summed E-state index contributed by atoms with van der Waals surface area (Å²) in [6, 6.07) is 3.82. The van der Waals surface area contributed by atoms with Crippen molar-refractivity contribution in [3.05, 3.63) is 23.3 Å². The van der Waals surface area contributed by atoms with Crippen LogP contribution in [0.2, 0.25) is 0 Å². The van der Waals surface area contributed by atoms with Gasteiger partial charge in [-0.2, -0.15) is 0 Å². The van der Waals surface area contributed by atoms with E-state index in [9.17, 15) is 4.79 Å². The number of benzene rings is 1. The molecule has 0 saturated carbocycles. The predicted octanol–water partition coefficient (Wildman–Crippen LogP) is 1.82. The van der Waals surface area contributed by atoms with E-state index in [0.717, 1.165) is 22.6 Å². The van der Waals surface area contributed by atoms with E-state index in [-0.39, 0.29) is 0 Å². The number of carbonyl (C=O) groups is 1. The summed E-state index contributed by atoms with van der Waals surface area (Å²) >= 11 is 0. The second-order valence-electron chi connectivity index (χ2n) is 4.50. The van der Waals surface area contributed by atoms with Crippen molar-refractivity contribution in [2.75, 3.05) is 20.8 Å². The van der Waals surface area contributed by atoms with E-state index in [1.54, 1.807) is 21.1 Å². The molecule has 0 aliphatic rings. The Bertz CT molecular complexity index is 445. The summed E-state index contributed by atoms with van der Waals surface area (Å²) in [5, 5.41) is 11.9. The van der Waals surface area contributed by atoms with Gasteiger partial charge in [-0.05, 0) is 24.6 Å². The van der Waals surface area contributed by atoms with E-state index in [1.807, 2.05) is 19.1 Å². The Labute approximate surface area is 113 Å². The van der Waals surface area contributed by atoms with Crippen LogP contribution < -0.4 is 14.8 Å². The molecule has 1 aromatic rings. The van der Waals surface area contributed by atoms with E-state index in [0.29, 0.717) is 13.1 Å². The highest BCUT2D eigenvalue weighted by molar-refractivity contribution is 5.69. The molecule has 0 amide bonds. The zero-order valence-corrected chi connectivity index (χ0v) is 11.8. The quantitative estimate of drug-likeness (QED) is 0.788. The number of rotatable bonds is 7. The third kappa shape index (κ3) is 4.13. The van der Waals surface area contributed by atoms with Crippen LogP contribution in [-0.4, -0.2) is 31.8 Å². The molecule has 1 unspecified atom stereocenters. The van der Waals surface area contributed by atoms with Gasteiger partial charge in [-0.3, -0.25) is 4.79 Å². The van der Waals surface area contributed by atoms with Gasteiger partial charge in [-0.25, -0.2) is 0 Å². The lowest BCUT2D eigenvalue weighted by molar-refractivity contribution is -0.140. The van der Waals surface area contributed by atoms with Crippen molar-refractivity contribution in [2.24, 2.45) is 5.92 Å². The fraction of sp³-hybridized carbons (Fsp3) is 0.500. The number of nitrogens with one attached hydrogen (secondary N) is 1. The summed E-state index contributed by atoms with van der Waals surface area (Å²) < 4.78 is 10.6. The SMILES string of the molecule is COc1cc(CNCC(C)C(=O)O)c(OC)cc1C. The molecule has 2 N–H and O–H groups in total. The molecule has 0 aromatic heterocycles. The summed E-state index contributed by atoms with van der Waals surface area (Å²) in [6.45, 7) is 4.57. The number of hydrogen-bond acceptors (Lipinski definition) is 4. The number of carboxylic acid groups (broad SMARTS) is 1. The fourth-order valence-corrected chi connectivity index (χ4v) is 1.76. The lowest BCUT2D eigenvalue weighted by Crippen LogP contribution is -2.26. The van der Waals surface area contributed by atoms with Crippen molar-refractivity contribution in [1.82, 2.24) is 5.32 Å². The average Bonchev–Trinajstić information content (AvgIpc) is 2.39. The second kappa shape index (κ2) is 6.99. The van der Waals surface area contributed by atoms with Crippen LogP contribution in [0.5, 0.6) is 11.5 Å². The Morgan fingerprint density at radius 3 is 2.47 bits per heavy atom. The Morgan fingerprint density at radius 1 is 1.32 bits per heavy atom. The van der Waals surface area contributed by atoms with Crippen LogP contribution >= 0.6 is 0 Å². The molecule has 0 fully saturated rings. The Hall–Kier alpha value is -1.75. The Balaban J connectivity index is 2.74. The molecule has 0 heterocycles. The monoisotopic (exact) mass is 267 g/mol. The van der Waals surface area contributed by atoms with Crippen LogP contribution in [0, 0.1) is 12.8 Å². The molecule has 1 aromatic carbocycles. The first kappa shape index (κ1) is 15.3. The lowest BCUT2D eigenvalue weighted by Gasteiger charge is -2.14. The maximum absolute atomic E-state index is 10.7. The Kier molecular flexibility index (Phi) is 5.63. The summed E-state index contributed by atoms with van der Waals surface area (Å²) in [5.74, 6) is 0.344. The van der Waals surface area contributed by atoms with Gasteiger partial charge in [0.15, 0.2) is 0 Å². The van der Waals surface area contributed by atoms with Gasteiger partial charge in [0.1, 0.15) is 11.5 Å². The van der Waals surface area contributed by atoms with Gasteiger partial charge in [-0.15, -0.1) is 0 Å². The molecular weight excluding hydrogens is 246 g/mol. The third-order valence-corrected chi connectivity index (χ3v) is 2.99. The van der Waals surface area contributed by atoms with Crippen LogP contribution in [-0.2, 0) is 11.3 Å². The molecule has 0 aliphatic carbocycles. The topological polar surface area (TPSA) is 67.8 Å². The van der Waals surface area contributed by atoms with E-state index in [1.165, 1.54) is 0 Å². The summed E-state index contributed by atoms with van der Waals surface area (Å²) in [4.78, 5) is 10.7. The van der Waals surface area contributed by atoms with Crippen LogP contribution in [0.15, 0.2) is 12.1 Å².